The van der Waals surface area contributed by atoms with Gasteiger partial charge in [-0.05, 0) is 54.7 Å². The van der Waals surface area contributed by atoms with E-state index in [1.54, 1.807) is 29.2 Å². The summed E-state index contributed by atoms with van der Waals surface area (Å²) in [5.74, 6) is 1.56. The smallest absolute Gasteiger partial charge is 0.291 e. The number of fused-ring (bicyclic) bond motifs is 2. The zero-order chi connectivity index (χ0) is 25.9. The quantitative estimate of drug-likeness (QED) is 0.269. The molecule has 0 spiro atoms. The molecule has 37 heavy (non-hydrogen) atoms. The van der Waals surface area contributed by atoms with Gasteiger partial charge in [-0.1, -0.05) is 62.4 Å². The largest absolute Gasteiger partial charge is 0.490 e. The average Bonchev–Trinajstić information content (AvgIpc) is 3.17. The number of carbonyl (C=O) groups excluding carboxylic acids is 1. The number of rotatable bonds is 9. The van der Waals surface area contributed by atoms with Gasteiger partial charge in [-0.2, -0.15) is 0 Å². The molecule has 2 heterocycles. The van der Waals surface area contributed by atoms with Crippen LogP contribution < -0.4 is 14.9 Å². The second-order valence-electron chi connectivity index (χ2n) is 9.66. The van der Waals surface area contributed by atoms with E-state index in [9.17, 15) is 9.59 Å². The van der Waals surface area contributed by atoms with Crippen molar-refractivity contribution in [3.8, 4) is 11.5 Å². The minimum atomic E-state index is -0.618. The third-order valence-corrected chi connectivity index (χ3v) is 6.61. The monoisotopic (exact) mass is 497 g/mol. The highest BCUT2D eigenvalue weighted by Crippen LogP contribution is 2.41. The van der Waals surface area contributed by atoms with Gasteiger partial charge in [0.2, 0.25) is 5.76 Å². The van der Waals surface area contributed by atoms with Gasteiger partial charge in [-0.3, -0.25) is 9.59 Å². The lowest BCUT2D eigenvalue weighted by Crippen LogP contribution is -2.29. The van der Waals surface area contributed by atoms with E-state index in [0.29, 0.717) is 53.7 Å². The van der Waals surface area contributed by atoms with Crippen LogP contribution in [0.25, 0.3) is 11.0 Å². The maximum Gasteiger partial charge on any atom is 0.291 e. The fourth-order valence-electron chi connectivity index (χ4n) is 4.74. The van der Waals surface area contributed by atoms with E-state index in [4.69, 9.17) is 13.9 Å². The van der Waals surface area contributed by atoms with Crippen LogP contribution in [-0.2, 0) is 6.54 Å². The molecule has 1 amide bonds. The van der Waals surface area contributed by atoms with E-state index in [0.717, 1.165) is 17.5 Å². The molecule has 4 aromatic rings. The Morgan fingerprint density at radius 2 is 1.68 bits per heavy atom. The van der Waals surface area contributed by atoms with E-state index in [2.05, 4.69) is 13.8 Å². The van der Waals surface area contributed by atoms with Crippen molar-refractivity contribution in [3.63, 3.8) is 0 Å². The predicted octanol–water partition coefficient (Wildman–Crippen LogP) is 6.36. The van der Waals surface area contributed by atoms with Crippen LogP contribution in [0.15, 0.2) is 82.0 Å². The lowest BCUT2D eigenvalue weighted by molar-refractivity contribution is 0.0714. The van der Waals surface area contributed by atoms with Crippen LogP contribution in [0.1, 0.15) is 60.5 Å². The van der Waals surface area contributed by atoms with Gasteiger partial charge in [0.15, 0.2) is 16.9 Å². The Balaban J connectivity index is 1.63. The summed E-state index contributed by atoms with van der Waals surface area (Å²) in [7, 11) is 0. The number of benzene rings is 3. The second-order valence-corrected chi connectivity index (χ2v) is 9.66. The maximum absolute atomic E-state index is 13.7. The van der Waals surface area contributed by atoms with Crippen molar-refractivity contribution >= 4 is 16.9 Å². The van der Waals surface area contributed by atoms with Crippen molar-refractivity contribution in [2.24, 2.45) is 5.92 Å². The summed E-state index contributed by atoms with van der Waals surface area (Å²) in [6.45, 7) is 7.60. The van der Waals surface area contributed by atoms with Crippen molar-refractivity contribution in [1.29, 1.82) is 0 Å². The summed E-state index contributed by atoms with van der Waals surface area (Å²) in [5, 5.41) is 0.458. The molecule has 3 aromatic carbocycles. The van der Waals surface area contributed by atoms with E-state index in [-0.39, 0.29) is 17.1 Å². The van der Waals surface area contributed by atoms with Crippen molar-refractivity contribution in [2.45, 2.75) is 39.8 Å². The van der Waals surface area contributed by atoms with Crippen LogP contribution in [0.3, 0.4) is 0 Å². The normalized spacial score (nSPS) is 14.9. The van der Waals surface area contributed by atoms with Crippen molar-refractivity contribution < 1.29 is 18.7 Å². The first-order chi connectivity index (χ1) is 18.0. The topological polar surface area (TPSA) is 69.0 Å². The molecule has 0 bridgehead atoms. The first-order valence-electron chi connectivity index (χ1n) is 12.8. The van der Waals surface area contributed by atoms with Crippen LogP contribution in [0.4, 0.5) is 0 Å². The van der Waals surface area contributed by atoms with Crippen molar-refractivity contribution in [2.75, 3.05) is 13.2 Å². The predicted molar refractivity (Wildman–Crippen MR) is 143 cm³/mol. The molecule has 0 N–H and O–H groups in total. The van der Waals surface area contributed by atoms with Crippen LogP contribution in [0.2, 0.25) is 0 Å². The highest BCUT2D eigenvalue weighted by atomic mass is 16.5. The number of amides is 1. The summed E-state index contributed by atoms with van der Waals surface area (Å²) in [6.07, 6.45) is 0.927. The Morgan fingerprint density at radius 3 is 2.43 bits per heavy atom. The van der Waals surface area contributed by atoms with Gasteiger partial charge >= 0.3 is 0 Å². The highest BCUT2D eigenvalue weighted by molar-refractivity contribution is 5.99. The summed E-state index contributed by atoms with van der Waals surface area (Å²) in [5.41, 5.74) is 2.30. The van der Waals surface area contributed by atoms with Crippen LogP contribution in [0, 0.1) is 5.92 Å². The molecular weight excluding hydrogens is 466 g/mol. The van der Waals surface area contributed by atoms with Gasteiger partial charge in [0.25, 0.3) is 5.91 Å². The standard InChI is InChI=1S/C31H31NO5/c1-4-35-26-18-22(14-15-25(26)36-17-16-20(2)3)28-27-29(33)23-12-8-9-13-24(23)37-30(27)31(34)32(28)19-21-10-6-5-7-11-21/h5-15,18,20,28H,4,16-17,19H2,1-3H3. The van der Waals surface area contributed by atoms with Gasteiger partial charge in [-0.25, -0.2) is 0 Å². The number of nitrogens with zero attached hydrogens (tertiary/aromatic N) is 1. The molecule has 1 aliphatic heterocycles. The minimum absolute atomic E-state index is 0.0971. The molecule has 6 nitrogen and oxygen atoms in total. The molecule has 1 unspecified atom stereocenters. The minimum Gasteiger partial charge on any atom is -0.490 e. The summed E-state index contributed by atoms with van der Waals surface area (Å²) in [6, 6.07) is 21.8. The summed E-state index contributed by atoms with van der Waals surface area (Å²) >= 11 is 0. The molecule has 5 rings (SSSR count). The number of ether oxygens (including phenoxy) is 2. The van der Waals surface area contributed by atoms with E-state index >= 15 is 0 Å². The first-order valence-corrected chi connectivity index (χ1v) is 12.8. The molecule has 190 valence electrons. The Kier molecular flexibility index (Phi) is 6.99. The van der Waals surface area contributed by atoms with Crippen molar-refractivity contribution in [3.05, 3.63) is 105 Å². The van der Waals surface area contributed by atoms with Gasteiger partial charge in [0, 0.05) is 6.54 Å². The molecule has 1 atom stereocenters. The number of hydrogen-bond acceptors (Lipinski definition) is 5. The molecule has 0 fully saturated rings. The Labute approximate surface area is 216 Å². The molecule has 0 aliphatic carbocycles. The zero-order valence-electron chi connectivity index (χ0n) is 21.4. The first kappa shape index (κ1) is 24.6. The van der Waals surface area contributed by atoms with Gasteiger partial charge in [0.1, 0.15) is 5.58 Å². The van der Waals surface area contributed by atoms with Crippen molar-refractivity contribution in [1.82, 2.24) is 4.90 Å². The summed E-state index contributed by atoms with van der Waals surface area (Å²) < 4.78 is 18.0. The van der Waals surface area contributed by atoms with E-state index < -0.39 is 6.04 Å². The fourth-order valence-corrected chi connectivity index (χ4v) is 4.74. The number of hydrogen-bond donors (Lipinski definition) is 0. The van der Waals surface area contributed by atoms with E-state index in [1.165, 1.54) is 0 Å². The Hall–Kier alpha value is -4.06. The SMILES string of the molecule is CCOc1cc(C2c3c(oc4ccccc4c3=O)C(=O)N2Cc2ccccc2)ccc1OCCC(C)C. The average molecular weight is 498 g/mol. The third-order valence-electron chi connectivity index (χ3n) is 6.61. The molecule has 1 aliphatic rings. The highest BCUT2D eigenvalue weighted by Gasteiger charge is 2.43. The van der Waals surface area contributed by atoms with Crippen LogP contribution >= 0.6 is 0 Å². The molecule has 0 saturated carbocycles. The number of carbonyl (C=O) groups is 1. The molecule has 6 heteroatoms. The lowest BCUT2D eigenvalue weighted by Gasteiger charge is -2.26. The zero-order valence-corrected chi connectivity index (χ0v) is 21.4. The van der Waals surface area contributed by atoms with Gasteiger partial charge in [0.05, 0.1) is 30.2 Å². The maximum atomic E-state index is 13.7. The molecule has 0 radical (unpaired) electrons. The Bertz CT molecular complexity index is 1470. The second kappa shape index (κ2) is 10.5. The summed E-state index contributed by atoms with van der Waals surface area (Å²) in [4.78, 5) is 29.1. The fraction of sp³-hybridized carbons (Fsp3) is 0.290. The molecule has 0 saturated heterocycles. The van der Waals surface area contributed by atoms with Crippen LogP contribution in [-0.4, -0.2) is 24.0 Å². The van der Waals surface area contributed by atoms with Crippen LogP contribution in [0.5, 0.6) is 11.5 Å². The van der Waals surface area contributed by atoms with Gasteiger partial charge in [-0.15, -0.1) is 0 Å². The molecular formula is C31H31NO5. The van der Waals surface area contributed by atoms with Gasteiger partial charge < -0.3 is 18.8 Å². The number of para-hydroxylation sites is 1. The molecule has 1 aromatic heterocycles. The lowest BCUT2D eigenvalue weighted by atomic mass is 9.97. The third kappa shape index (κ3) is 4.84. The Morgan fingerprint density at radius 1 is 0.919 bits per heavy atom. The van der Waals surface area contributed by atoms with E-state index in [1.807, 2.05) is 55.5 Å².